The van der Waals surface area contributed by atoms with E-state index in [1.165, 1.54) is 11.1 Å². The van der Waals surface area contributed by atoms with Crippen molar-refractivity contribution in [2.75, 3.05) is 23.4 Å². The number of aryl methyl sites for hydroxylation is 1. The van der Waals surface area contributed by atoms with Gasteiger partial charge in [0.1, 0.15) is 5.82 Å². The van der Waals surface area contributed by atoms with Crippen LogP contribution < -0.4 is 10.2 Å². The van der Waals surface area contributed by atoms with Gasteiger partial charge < -0.3 is 15.0 Å². The first-order valence-electron chi connectivity index (χ1n) is 10.2. The van der Waals surface area contributed by atoms with Crippen molar-refractivity contribution in [1.29, 1.82) is 0 Å². The van der Waals surface area contributed by atoms with E-state index in [1.54, 1.807) is 19.3 Å². The SMILES string of the molecule is CC(=O)N1c2ccc(C3=CCOCC3)cc2C(Nc2cnc(C)cn2)C(C)C1C. The molecule has 0 spiro atoms. The predicted octanol–water partition coefficient (Wildman–Crippen LogP) is 4.13. The summed E-state index contributed by atoms with van der Waals surface area (Å²) >= 11 is 0. The third kappa shape index (κ3) is 3.77. The summed E-state index contributed by atoms with van der Waals surface area (Å²) in [6.07, 6.45) is 6.60. The largest absolute Gasteiger partial charge is 0.377 e. The van der Waals surface area contributed by atoms with E-state index in [9.17, 15) is 4.79 Å². The first-order valence-corrected chi connectivity index (χ1v) is 10.2. The summed E-state index contributed by atoms with van der Waals surface area (Å²) in [5.41, 5.74) is 5.47. The number of ether oxygens (including phenoxy) is 1. The minimum Gasteiger partial charge on any atom is -0.377 e. The fourth-order valence-corrected chi connectivity index (χ4v) is 4.32. The van der Waals surface area contributed by atoms with E-state index in [2.05, 4.69) is 53.4 Å². The van der Waals surface area contributed by atoms with Gasteiger partial charge in [0.15, 0.2) is 0 Å². The molecule has 152 valence electrons. The third-order valence-corrected chi connectivity index (χ3v) is 6.07. The van der Waals surface area contributed by atoms with Crippen molar-refractivity contribution in [3.05, 3.63) is 53.5 Å². The zero-order valence-corrected chi connectivity index (χ0v) is 17.5. The molecule has 2 aromatic rings. The molecule has 0 bridgehead atoms. The number of aromatic nitrogens is 2. The summed E-state index contributed by atoms with van der Waals surface area (Å²) in [5.74, 6) is 1.02. The van der Waals surface area contributed by atoms with Crippen molar-refractivity contribution in [3.8, 4) is 0 Å². The molecule has 3 atom stereocenters. The van der Waals surface area contributed by atoms with Gasteiger partial charge in [-0.1, -0.05) is 19.1 Å². The molecule has 0 fully saturated rings. The van der Waals surface area contributed by atoms with Crippen LogP contribution in [0.25, 0.3) is 5.57 Å². The normalized spacial score (nSPS) is 23.9. The average Bonchev–Trinajstić information content (AvgIpc) is 2.73. The highest BCUT2D eigenvalue weighted by atomic mass is 16.5. The lowest BCUT2D eigenvalue weighted by atomic mass is 9.81. The molecule has 6 heteroatoms. The quantitative estimate of drug-likeness (QED) is 0.851. The van der Waals surface area contributed by atoms with Crippen LogP contribution in [0, 0.1) is 12.8 Å². The van der Waals surface area contributed by atoms with E-state index < -0.39 is 0 Å². The highest BCUT2D eigenvalue weighted by molar-refractivity contribution is 5.94. The van der Waals surface area contributed by atoms with Gasteiger partial charge in [-0.2, -0.15) is 0 Å². The lowest BCUT2D eigenvalue weighted by Crippen LogP contribution is -2.48. The highest BCUT2D eigenvalue weighted by Gasteiger charge is 2.38. The van der Waals surface area contributed by atoms with Gasteiger partial charge in [-0.15, -0.1) is 0 Å². The van der Waals surface area contributed by atoms with Gasteiger partial charge in [-0.3, -0.25) is 9.78 Å². The van der Waals surface area contributed by atoms with Gasteiger partial charge in [0.05, 0.1) is 37.3 Å². The number of amides is 1. The first-order chi connectivity index (χ1) is 14.0. The standard InChI is InChI=1S/C23H28N4O2/c1-14-12-25-22(13-24-14)26-23-15(2)16(3)27(17(4)28)21-6-5-19(11-20(21)23)18-7-9-29-10-8-18/h5-7,11-13,15-16,23H,8-10H2,1-4H3,(H,25,26). The molecule has 0 saturated heterocycles. The molecule has 1 aromatic carbocycles. The number of nitrogens with zero attached hydrogens (tertiary/aromatic N) is 3. The van der Waals surface area contributed by atoms with Crippen LogP contribution in [-0.2, 0) is 9.53 Å². The van der Waals surface area contributed by atoms with Gasteiger partial charge in [0.2, 0.25) is 5.91 Å². The van der Waals surface area contributed by atoms with E-state index >= 15 is 0 Å². The molecule has 2 aliphatic heterocycles. The average molecular weight is 393 g/mol. The lowest BCUT2D eigenvalue weighted by Gasteiger charge is -2.44. The summed E-state index contributed by atoms with van der Waals surface area (Å²) in [4.78, 5) is 23.2. The maximum Gasteiger partial charge on any atom is 0.224 e. The third-order valence-electron chi connectivity index (χ3n) is 6.07. The minimum absolute atomic E-state index is 0.0352. The molecule has 0 aliphatic carbocycles. The number of carbonyl (C=O) groups is 1. The van der Waals surface area contributed by atoms with E-state index in [1.807, 2.05) is 11.8 Å². The second-order valence-corrected chi connectivity index (χ2v) is 7.98. The van der Waals surface area contributed by atoms with Crippen molar-refractivity contribution in [1.82, 2.24) is 9.97 Å². The van der Waals surface area contributed by atoms with Gasteiger partial charge in [-0.25, -0.2) is 4.98 Å². The zero-order valence-electron chi connectivity index (χ0n) is 17.5. The predicted molar refractivity (Wildman–Crippen MR) is 115 cm³/mol. The fourth-order valence-electron chi connectivity index (χ4n) is 4.32. The number of fused-ring (bicyclic) bond motifs is 1. The molecular formula is C23H28N4O2. The van der Waals surface area contributed by atoms with Crippen LogP contribution in [0.4, 0.5) is 11.5 Å². The molecule has 0 saturated carbocycles. The zero-order chi connectivity index (χ0) is 20.5. The van der Waals surface area contributed by atoms with Crippen LogP contribution in [0.2, 0.25) is 0 Å². The Hall–Kier alpha value is -2.73. The Kier molecular flexibility index (Phi) is 5.37. The molecule has 29 heavy (non-hydrogen) atoms. The summed E-state index contributed by atoms with van der Waals surface area (Å²) < 4.78 is 5.47. The number of nitrogens with one attached hydrogen (secondary N) is 1. The summed E-state index contributed by atoms with van der Waals surface area (Å²) in [7, 11) is 0. The number of anilines is 2. The van der Waals surface area contributed by atoms with Crippen molar-refractivity contribution in [2.45, 2.75) is 46.2 Å². The summed E-state index contributed by atoms with van der Waals surface area (Å²) in [6, 6.07) is 6.54. The number of benzene rings is 1. The molecule has 0 radical (unpaired) electrons. The Labute approximate surface area is 172 Å². The summed E-state index contributed by atoms with van der Waals surface area (Å²) in [5, 5.41) is 3.58. The summed E-state index contributed by atoms with van der Waals surface area (Å²) in [6.45, 7) is 9.26. The van der Waals surface area contributed by atoms with Crippen molar-refractivity contribution in [3.63, 3.8) is 0 Å². The monoisotopic (exact) mass is 392 g/mol. The maximum absolute atomic E-state index is 12.5. The number of hydrogen-bond donors (Lipinski definition) is 1. The Balaban J connectivity index is 1.78. The van der Waals surface area contributed by atoms with Crippen LogP contribution in [0.3, 0.4) is 0 Å². The Morgan fingerprint density at radius 3 is 2.72 bits per heavy atom. The molecule has 1 aromatic heterocycles. The van der Waals surface area contributed by atoms with E-state index in [0.29, 0.717) is 6.61 Å². The molecule has 6 nitrogen and oxygen atoms in total. The molecule has 3 heterocycles. The van der Waals surface area contributed by atoms with Gasteiger partial charge in [0.25, 0.3) is 0 Å². The van der Waals surface area contributed by atoms with E-state index in [0.717, 1.165) is 35.8 Å². The fraction of sp³-hybridized carbons (Fsp3) is 0.435. The molecule has 3 unspecified atom stereocenters. The van der Waals surface area contributed by atoms with E-state index in [4.69, 9.17) is 4.74 Å². The van der Waals surface area contributed by atoms with Gasteiger partial charge in [0, 0.05) is 24.6 Å². The molecule has 4 rings (SSSR count). The van der Waals surface area contributed by atoms with Crippen molar-refractivity contribution in [2.24, 2.45) is 5.92 Å². The van der Waals surface area contributed by atoms with Crippen LogP contribution in [0.15, 0.2) is 36.7 Å². The second-order valence-electron chi connectivity index (χ2n) is 7.98. The highest BCUT2D eigenvalue weighted by Crippen LogP contribution is 2.43. The Bertz CT molecular complexity index is 938. The Morgan fingerprint density at radius 2 is 2.07 bits per heavy atom. The van der Waals surface area contributed by atoms with Crippen LogP contribution in [0.1, 0.15) is 50.1 Å². The van der Waals surface area contributed by atoms with Crippen LogP contribution in [0.5, 0.6) is 0 Å². The molecule has 1 amide bonds. The molecular weight excluding hydrogens is 364 g/mol. The number of hydrogen-bond acceptors (Lipinski definition) is 5. The number of rotatable bonds is 3. The first kappa shape index (κ1) is 19.6. The molecule has 1 N–H and O–H groups in total. The van der Waals surface area contributed by atoms with Crippen LogP contribution >= 0.6 is 0 Å². The van der Waals surface area contributed by atoms with Crippen molar-refractivity contribution < 1.29 is 9.53 Å². The van der Waals surface area contributed by atoms with E-state index in [-0.39, 0.29) is 23.9 Å². The smallest absolute Gasteiger partial charge is 0.224 e. The Morgan fingerprint density at radius 1 is 1.24 bits per heavy atom. The van der Waals surface area contributed by atoms with Gasteiger partial charge >= 0.3 is 0 Å². The second kappa shape index (κ2) is 7.95. The molecule has 2 aliphatic rings. The van der Waals surface area contributed by atoms with Crippen LogP contribution in [-0.4, -0.2) is 35.1 Å². The minimum atomic E-state index is 0.0352. The lowest BCUT2D eigenvalue weighted by molar-refractivity contribution is -0.117. The maximum atomic E-state index is 12.5. The topological polar surface area (TPSA) is 67.3 Å². The van der Waals surface area contributed by atoms with Crippen molar-refractivity contribution >= 4 is 23.0 Å². The number of carbonyl (C=O) groups excluding carboxylic acids is 1. The van der Waals surface area contributed by atoms with Gasteiger partial charge in [-0.05, 0) is 49.1 Å².